The van der Waals surface area contributed by atoms with Gasteiger partial charge in [-0.2, -0.15) is 0 Å². The highest BCUT2D eigenvalue weighted by molar-refractivity contribution is 5.91. The molecule has 6 heteroatoms. The zero-order valence-corrected chi connectivity index (χ0v) is 12.2. The Hall–Kier alpha value is -2.24. The molecule has 2 N–H and O–H groups in total. The van der Waals surface area contributed by atoms with E-state index < -0.39 is 5.97 Å². The van der Waals surface area contributed by atoms with Crippen LogP contribution in [0.25, 0.3) is 0 Å². The van der Waals surface area contributed by atoms with Gasteiger partial charge in [-0.15, -0.1) is 0 Å². The summed E-state index contributed by atoms with van der Waals surface area (Å²) in [5.74, 6) is -0.454. The second kappa shape index (κ2) is 6.47. The van der Waals surface area contributed by atoms with Crippen LogP contribution < -0.4 is 15.0 Å². The van der Waals surface area contributed by atoms with Gasteiger partial charge in [-0.3, -0.25) is 9.69 Å². The highest BCUT2D eigenvalue weighted by Gasteiger charge is 2.31. The Labute approximate surface area is 123 Å². The predicted molar refractivity (Wildman–Crippen MR) is 78.7 cm³/mol. The molecule has 0 aliphatic heterocycles. The molecule has 1 aromatic rings. The Balaban J connectivity index is 1.95. The molecule has 2 amide bonds. The van der Waals surface area contributed by atoms with Crippen molar-refractivity contribution in [3.8, 4) is 5.75 Å². The van der Waals surface area contributed by atoms with Crippen molar-refractivity contribution >= 4 is 17.7 Å². The average molecular weight is 292 g/mol. The van der Waals surface area contributed by atoms with Crippen LogP contribution in [-0.2, 0) is 4.79 Å². The van der Waals surface area contributed by atoms with Crippen LogP contribution in [0.4, 0.5) is 10.5 Å². The van der Waals surface area contributed by atoms with Crippen LogP contribution in [0.3, 0.4) is 0 Å². The smallest absolute Gasteiger partial charge is 0.321 e. The van der Waals surface area contributed by atoms with Gasteiger partial charge in [0, 0.05) is 24.8 Å². The summed E-state index contributed by atoms with van der Waals surface area (Å²) in [6.07, 6.45) is 1.81. The van der Waals surface area contributed by atoms with Crippen LogP contribution in [0.1, 0.15) is 19.3 Å². The number of methoxy groups -OCH3 is 1. The maximum absolute atomic E-state index is 12.2. The van der Waals surface area contributed by atoms with Crippen molar-refractivity contribution in [2.24, 2.45) is 5.92 Å². The van der Waals surface area contributed by atoms with Gasteiger partial charge in [-0.05, 0) is 31.4 Å². The van der Waals surface area contributed by atoms with Gasteiger partial charge in [-0.1, -0.05) is 6.07 Å². The van der Waals surface area contributed by atoms with E-state index in [4.69, 9.17) is 9.84 Å². The first-order chi connectivity index (χ1) is 10.0. The molecule has 0 spiro atoms. The summed E-state index contributed by atoms with van der Waals surface area (Å²) in [7, 11) is 3.25. The number of nitrogens with one attached hydrogen (secondary N) is 1. The Morgan fingerprint density at radius 2 is 2.14 bits per heavy atom. The Kier molecular flexibility index (Phi) is 4.67. The van der Waals surface area contributed by atoms with Gasteiger partial charge in [0.25, 0.3) is 0 Å². The minimum Gasteiger partial charge on any atom is -0.497 e. The summed E-state index contributed by atoms with van der Waals surface area (Å²) in [5.41, 5.74) is 0.722. The van der Waals surface area contributed by atoms with E-state index in [0.29, 0.717) is 25.0 Å². The number of hydrogen-bond acceptors (Lipinski definition) is 3. The topological polar surface area (TPSA) is 78.9 Å². The number of nitrogens with zero attached hydrogens (tertiary/aromatic N) is 1. The maximum atomic E-state index is 12.2. The number of carboxylic acid groups (broad SMARTS) is 1. The van der Waals surface area contributed by atoms with Gasteiger partial charge in [0.1, 0.15) is 5.75 Å². The quantitative estimate of drug-likeness (QED) is 0.890. The molecule has 2 unspecified atom stereocenters. The molecule has 21 heavy (non-hydrogen) atoms. The fraction of sp³-hybridized carbons (Fsp3) is 0.467. The second-order valence-electron chi connectivity index (χ2n) is 5.26. The molecule has 0 heterocycles. The van der Waals surface area contributed by atoms with Crippen LogP contribution in [-0.4, -0.2) is 37.3 Å². The van der Waals surface area contributed by atoms with Gasteiger partial charge in [0.2, 0.25) is 0 Å². The molecule has 114 valence electrons. The van der Waals surface area contributed by atoms with E-state index in [2.05, 4.69) is 5.32 Å². The predicted octanol–water partition coefficient (Wildman–Crippen LogP) is 2.09. The number of benzene rings is 1. The molecule has 2 rings (SSSR count). The summed E-state index contributed by atoms with van der Waals surface area (Å²) < 4.78 is 5.13. The van der Waals surface area contributed by atoms with Crippen molar-refractivity contribution in [1.82, 2.24) is 5.32 Å². The van der Waals surface area contributed by atoms with Crippen LogP contribution in [0, 0.1) is 5.92 Å². The fourth-order valence-corrected chi connectivity index (χ4v) is 2.54. The second-order valence-corrected chi connectivity index (χ2v) is 5.26. The van der Waals surface area contributed by atoms with Gasteiger partial charge in [0.05, 0.1) is 13.0 Å². The number of hydrogen-bond donors (Lipinski definition) is 2. The van der Waals surface area contributed by atoms with E-state index in [0.717, 1.165) is 5.69 Å². The zero-order chi connectivity index (χ0) is 15.4. The van der Waals surface area contributed by atoms with E-state index in [9.17, 15) is 9.59 Å². The van der Waals surface area contributed by atoms with E-state index in [1.807, 2.05) is 18.2 Å². The molecule has 0 saturated heterocycles. The number of anilines is 1. The van der Waals surface area contributed by atoms with Crippen molar-refractivity contribution in [2.75, 3.05) is 19.1 Å². The molecule has 1 aliphatic carbocycles. The van der Waals surface area contributed by atoms with Crippen LogP contribution >= 0.6 is 0 Å². The largest absolute Gasteiger partial charge is 0.497 e. The molecule has 1 aliphatic rings. The maximum Gasteiger partial charge on any atom is 0.321 e. The van der Waals surface area contributed by atoms with Crippen LogP contribution in [0.5, 0.6) is 5.75 Å². The van der Waals surface area contributed by atoms with Crippen LogP contribution in [0.15, 0.2) is 24.3 Å². The number of aliphatic carboxylic acids is 1. The van der Waals surface area contributed by atoms with Gasteiger partial charge >= 0.3 is 12.0 Å². The lowest BCUT2D eigenvalue weighted by molar-refractivity contribution is -0.141. The minimum atomic E-state index is -0.784. The average Bonchev–Trinajstić information content (AvgIpc) is 2.95. The lowest BCUT2D eigenvalue weighted by Gasteiger charge is -2.21. The summed E-state index contributed by atoms with van der Waals surface area (Å²) >= 11 is 0. The van der Waals surface area contributed by atoms with E-state index in [1.165, 1.54) is 4.90 Å². The molecule has 0 aromatic heterocycles. The molecular formula is C15H20N2O4. The Morgan fingerprint density at radius 3 is 2.76 bits per heavy atom. The normalized spacial score (nSPS) is 20.9. The van der Waals surface area contributed by atoms with Crippen molar-refractivity contribution in [2.45, 2.75) is 25.3 Å². The number of carboxylic acids is 1. The van der Waals surface area contributed by atoms with Crippen LogP contribution in [0.2, 0.25) is 0 Å². The number of rotatable bonds is 4. The van der Waals surface area contributed by atoms with Crippen molar-refractivity contribution in [3.63, 3.8) is 0 Å². The molecule has 1 saturated carbocycles. The molecule has 1 fully saturated rings. The Morgan fingerprint density at radius 1 is 1.38 bits per heavy atom. The zero-order valence-electron chi connectivity index (χ0n) is 12.2. The lowest BCUT2D eigenvalue weighted by Crippen LogP contribution is -2.42. The van der Waals surface area contributed by atoms with Gasteiger partial charge in [-0.25, -0.2) is 4.79 Å². The molecule has 0 radical (unpaired) electrons. The number of ether oxygens (including phenoxy) is 1. The summed E-state index contributed by atoms with van der Waals surface area (Å²) in [4.78, 5) is 24.6. The SMILES string of the molecule is COc1cccc(N(C)C(=O)NC2CCC(C(=O)O)C2)c1. The van der Waals surface area contributed by atoms with E-state index in [-0.39, 0.29) is 18.0 Å². The third kappa shape index (κ3) is 3.65. The number of urea groups is 1. The standard InChI is InChI=1S/C15H20N2O4/c1-17(12-4-3-5-13(9-12)21-2)15(20)16-11-7-6-10(8-11)14(18)19/h3-5,9-11H,6-8H2,1-2H3,(H,16,20)(H,18,19). The molecular weight excluding hydrogens is 272 g/mol. The molecule has 1 aromatic carbocycles. The minimum absolute atomic E-state index is 0.0772. The lowest BCUT2D eigenvalue weighted by atomic mass is 10.1. The van der Waals surface area contributed by atoms with Crippen molar-refractivity contribution < 1.29 is 19.4 Å². The van der Waals surface area contributed by atoms with Crippen molar-refractivity contribution in [1.29, 1.82) is 0 Å². The van der Waals surface area contributed by atoms with E-state index >= 15 is 0 Å². The monoisotopic (exact) mass is 292 g/mol. The highest BCUT2D eigenvalue weighted by atomic mass is 16.5. The molecule has 6 nitrogen and oxygen atoms in total. The first kappa shape index (κ1) is 15.2. The first-order valence-electron chi connectivity index (χ1n) is 6.92. The third-order valence-electron chi connectivity index (χ3n) is 3.85. The summed E-state index contributed by atoms with van der Waals surface area (Å²) in [6, 6.07) is 6.90. The van der Waals surface area contributed by atoms with Gasteiger partial charge < -0.3 is 15.2 Å². The molecule has 2 atom stereocenters. The highest BCUT2D eigenvalue weighted by Crippen LogP contribution is 2.26. The number of amides is 2. The summed E-state index contributed by atoms with van der Waals surface area (Å²) in [5, 5.41) is 11.9. The third-order valence-corrected chi connectivity index (χ3v) is 3.85. The molecule has 0 bridgehead atoms. The summed E-state index contributed by atoms with van der Waals surface area (Å²) in [6.45, 7) is 0. The fourth-order valence-electron chi connectivity index (χ4n) is 2.54. The number of carbonyl (C=O) groups is 2. The number of carbonyl (C=O) groups excluding carboxylic acids is 1. The Bertz CT molecular complexity index is 532. The van der Waals surface area contributed by atoms with Crippen molar-refractivity contribution in [3.05, 3.63) is 24.3 Å². The van der Waals surface area contributed by atoms with Gasteiger partial charge in [0.15, 0.2) is 0 Å². The van der Waals surface area contributed by atoms with E-state index in [1.54, 1.807) is 20.2 Å². The first-order valence-corrected chi connectivity index (χ1v) is 6.92.